The van der Waals surface area contributed by atoms with Gasteiger partial charge in [-0.25, -0.2) is 5.43 Å². The van der Waals surface area contributed by atoms with Crippen molar-refractivity contribution in [3.63, 3.8) is 0 Å². The van der Waals surface area contributed by atoms with Crippen molar-refractivity contribution in [3.05, 3.63) is 47.2 Å². The first-order chi connectivity index (χ1) is 10.5. The minimum Gasteiger partial charge on any atom is -0.484 e. The third-order valence-electron chi connectivity index (χ3n) is 2.62. The van der Waals surface area contributed by atoms with Crippen molar-refractivity contribution < 1.29 is 13.9 Å². The molecule has 1 heterocycles. The molecule has 0 aliphatic rings. The Morgan fingerprint density at radius 1 is 1.32 bits per heavy atom. The second-order valence-electron chi connectivity index (χ2n) is 4.61. The summed E-state index contributed by atoms with van der Waals surface area (Å²) in [5, 5.41) is 4.41. The SMILES string of the molecule is CN(C)c1ccc(/C=N\NC(=O)COc2ccc(Cl)cc2)o1. The summed E-state index contributed by atoms with van der Waals surface area (Å²) in [6.45, 7) is -0.139. The fourth-order valence-corrected chi connectivity index (χ4v) is 1.66. The molecule has 1 amide bonds. The van der Waals surface area contributed by atoms with E-state index in [1.54, 1.807) is 30.3 Å². The molecule has 1 N–H and O–H groups in total. The number of amides is 1. The van der Waals surface area contributed by atoms with Crippen LogP contribution in [-0.2, 0) is 4.79 Å². The van der Waals surface area contributed by atoms with Gasteiger partial charge in [0.2, 0.25) is 0 Å². The predicted molar refractivity (Wildman–Crippen MR) is 85.7 cm³/mol. The maximum atomic E-state index is 11.6. The average Bonchev–Trinajstić information content (AvgIpc) is 2.96. The van der Waals surface area contributed by atoms with Gasteiger partial charge in [-0.3, -0.25) is 4.79 Å². The summed E-state index contributed by atoms with van der Waals surface area (Å²) in [5.74, 6) is 1.44. The lowest BCUT2D eigenvalue weighted by atomic mass is 10.3. The van der Waals surface area contributed by atoms with Gasteiger partial charge < -0.3 is 14.1 Å². The summed E-state index contributed by atoms with van der Waals surface area (Å²) in [5.41, 5.74) is 2.36. The molecule has 6 nitrogen and oxygen atoms in total. The van der Waals surface area contributed by atoms with Gasteiger partial charge >= 0.3 is 0 Å². The first kappa shape index (κ1) is 15.9. The number of carbonyl (C=O) groups excluding carboxylic acids is 1. The zero-order valence-corrected chi connectivity index (χ0v) is 13.0. The van der Waals surface area contributed by atoms with Crippen LogP contribution in [0.3, 0.4) is 0 Å². The molecule has 0 spiro atoms. The van der Waals surface area contributed by atoms with Gasteiger partial charge in [0, 0.05) is 25.2 Å². The number of benzene rings is 1. The Morgan fingerprint density at radius 3 is 2.68 bits per heavy atom. The van der Waals surface area contributed by atoms with Crippen LogP contribution in [0, 0.1) is 0 Å². The number of hydrogen-bond donors (Lipinski definition) is 1. The molecule has 0 fully saturated rings. The quantitative estimate of drug-likeness (QED) is 0.656. The molecule has 0 radical (unpaired) electrons. The second kappa shape index (κ2) is 7.51. The lowest BCUT2D eigenvalue weighted by Gasteiger charge is -2.05. The van der Waals surface area contributed by atoms with Crippen LogP contribution in [0.25, 0.3) is 0 Å². The van der Waals surface area contributed by atoms with E-state index in [1.165, 1.54) is 6.21 Å². The Labute approximate surface area is 133 Å². The Morgan fingerprint density at radius 2 is 2.05 bits per heavy atom. The fourth-order valence-electron chi connectivity index (χ4n) is 1.53. The first-order valence-electron chi connectivity index (χ1n) is 6.52. The van der Waals surface area contributed by atoms with E-state index >= 15 is 0 Å². The molecule has 0 atom stereocenters. The van der Waals surface area contributed by atoms with Crippen molar-refractivity contribution in [1.29, 1.82) is 0 Å². The minimum absolute atomic E-state index is 0.139. The molecule has 0 aliphatic carbocycles. The number of halogens is 1. The van der Waals surface area contributed by atoms with Crippen molar-refractivity contribution >= 4 is 29.6 Å². The highest BCUT2D eigenvalue weighted by molar-refractivity contribution is 6.30. The van der Waals surface area contributed by atoms with E-state index in [4.69, 9.17) is 20.8 Å². The normalized spacial score (nSPS) is 10.7. The number of anilines is 1. The number of rotatable bonds is 6. The number of hydrazone groups is 1. The highest BCUT2D eigenvalue weighted by atomic mass is 35.5. The summed E-state index contributed by atoms with van der Waals surface area (Å²) in [7, 11) is 3.74. The highest BCUT2D eigenvalue weighted by Crippen LogP contribution is 2.15. The van der Waals surface area contributed by atoms with Crippen molar-refractivity contribution in [2.75, 3.05) is 25.6 Å². The van der Waals surface area contributed by atoms with Gasteiger partial charge in [0.05, 0.1) is 6.21 Å². The Bertz CT molecular complexity index is 650. The summed E-state index contributed by atoms with van der Waals surface area (Å²) in [6, 6.07) is 10.3. The van der Waals surface area contributed by atoms with Crippen LogP contribution in [0.5, 0.6) is 5.75 Å². The topological polar surface area (TPSA) is 67.1 Å². The molecule has 7 heteroatoms. The summed E-state index contributed by atoms with van der Waals surface area (Å²) < 4.78 is 10.7. The van der Waals surface area contributed by atoms with Gasteiger partial charge in [-0.05, 0) is 30.3 Å². The van der Waals surface area contributed by atoms with Crippen LogP contribution in [0.2, 0.25) is 5.02 Å². The van der Waals surface area contributed by atoms with Gasteiger partial charge in [0.1, 0.15) is 11.5 Å². The van der Waals surface area contributed by atoms with E-state index in [-0.39, 0.29) is 12.5 Å². The van der Waals surface area contributed by atoms with Gasteiger partial charge in [-0.2, -0.15) is 5.10 Å². The number of carbonyl (C=O) groups is 1. The van der Waals surface area contributed by atoms with Crippen molar-refractivity contribution in [1.82, 2.24) is 5.43 Å². The molecular formula is C15H16ClN3O3. The van der Waals surface area contributed by atoms with E-state index in [0.717, 1.165) is 0 Å². The van der Waals surface area contributed by atoms with Crippen LogP contribution in [0.4, 0.5) is 5.88 Å². The molecule has 116 valence electrons. The smallest absolute Gasteiger partial charge is 0.277 e. The lowest BCUT2D eigenvalue weighted by molar-refractivity contribution is -0.123. The van der Waals surface area contributed by atoms with Crippen molar-refractivity contribution in [3.8, 4) is 5.75 Å². The molecule has 1 aromatic carbocycles. The van der Waals surface area contributed by atoms with Crippen LogP contribution in [0.1, 0.15) is 5.76 Å². The highest BCUT2D eigenvalue weighted by Gasteiger charge is 2.03. The molecule has 22 heavy (non-hydrogen) atoms. The number of nitrogens with zero attached hydrogens (tertiary/aromatic N) is 2. The minimum atomic E-state index is -0.370. The Balaban J connectivity index is 1.77. The molecule has 1 aromatic heterocycles. The molecule has 0 aliphatic heterocycles. The summed E-state index contributed by atoms with van der Waals surface area (Å²) >= 11 is 5.76. The maximum Gasteiger partial charge on any atom is 0.277 e. The maximum absolute atomic E-state index is 11.6. The van der Waals surface area contributed by atoms with E-state index in [1.807, 2.05) is 25.1 Å². The predicted octanol–water partition coefficient (Wildman–Crippen LogP) is 2.53. The average molecular weight is 322 g/mol. The van der Waals surface area contributed by atoms with Crippen molar-refractivity contribution in [2.45, 2.75) is 0 Å². The Kier molecular flexibility index (Phi) is 5.43. The third kappa shape index (κ3) is 4.82. The van der Waals surface area contributed by atoms with Gasteiger partial charge in [-0.15, -0.1) is 0 Å². The molecule has 0 saturated carbocycles. The van der Waals surface area contributed by atoms with Crippen LogP contribution in [0.15, 0.2) is 45.9 Å². The second-order valence-corrected chi connectivity index (χ2v) is 5.04. The fraction of sp³-hybridized carbons (Fsp3) is 0.200. The molecule has 0 bridgehead atoms. The van der Waals surface area contributed by atoms with Crippen LogP contribution in [-0.4, -0.2) is 32.8 Å². The van der Waals surface area contributed by atoms with Gasteiger partial charge in [-0.1, -0.05) is 11.6 Å². The number of furan rings is 1. The molecular weight excluding hydrogens is 306 g/mol. The first-order valence-corrected chi connectivity index (χ1v) is 6.90. The number of hydrogen-bond acceptors (Lipinski definition) is 5. The zero-order valence-electron chi connectivity index (χ0n) is 12.2. The molecule has 0 saturated heterocycles. The lowest BCUT2D eigenvalue weighted by Crippen LogP contribution is -2.24. The number of nitrogens with one attached hydrogen (secondary N) is 1. The largest absolute Gasteiger partial charge is 0.484 e. The van der Waals surface area contributed by atoms with E-state index in [0.29, 0.717) is 22.4 Å². The molecule has 0 unspecified atom stereocenters. The van der Waals surface area contributed by atoms with Gasteiger partial charge in [0.25, 0.3) is 5.91 Å². The number of ether oxygens (including phenoxy) is 1. The van der Waals surface area contributed by atoms with E-state index < -0.39 is 0 Å². The zero-order chi connectivity index (χ0) is 15.9. The monoisotopic (exact) mass is 321 g/mol. The van der Waals surface area contributed by atoms with E-state index in [2.05, 4.69) is 10.5 Å². The van der Waals surface area contributed by atoms with Crippen LogP contribution < -0.4 is 15.1 Å². The standard InChI is InChI=1S/C15H16ClN3O3/c1-19(2)15-8-7-13(22-15)9-17-18-14(20)10-21-12-5-3-11(16)4-6-12/h3-9H,10H2,1-2H3,(H,18,20)/b17-9-. The Hall–Kier alpha value is -2.47. The van der Waals surface area contributed by atoms with Gasteiger partial charge in [0.15, 0.2) is 12.5 Å². The molecule has 2 rings (SSSR count). The van der Waals surface area contributed by atoms with Crippen LogP contribution >= 0.6 is 11.6 Å². The van der Waals surface area contributed by atoms with E-state index in [9.17, 15) is 4.79 Å². The summed E-state index contributed by atoms with van der Waals surface area (Å²) in [6.07, 6.45) is 1.42. The summed E-state index contributed by atoms with van der Waals surface area (Å²) in [4.78, 5) is 13.4. The van der Waals surface area contributed by atoms with Crippen molar-refractivity contribution in [2.24, 2.45) is 5.10 Å². The molecule has 2 aromatic rings. The third-order valence-corrected chi connectivity index (χ3v) is 2.87.